The summed E-state index contributed by atoms with van der Waals surface area (Å²) in [5.41, 5.74) is 1.97. The summed E-state index contributed by atoms with van der Waals surface area (Å²) in [5.74, 6) is 0.722. The predicted molar refractivity (Wildman–Crippen MR) is 133 cm³/mol. The number of rotatable bonds is 9. The molecule has 2 aromatic rings. The maximum Gasteiger partial charge on any atom is 0.243 e. The Morgan fingerprint density at radius 1 is 1.13 bits per heavy atom. The Labute approximate surface area is 197 Å². The molecule has 0 unspecified atom stereocenters. The zero-order valence-corrected chi connectivity index (χ0v) is 21.1. The number of pyridine rings is 1. The molecule has 0 fully saturated rings. The summed E-state index contributed by atoms with van der Waals surface area (Å²) in [6, 6.07) is 12.7. The molecule has 0 aliphatic rings. The zero-order chi connectivity index (χ0) is 21.3. The van der Waals surface area contributed by atoms with Crippen LogP contribution in [0.3, 0.4) is 0 Å². The molecule has 0 bridgehead atoms. The smallest absolute Gasteiger partial charge is 0.243 e. The number of benzene rings is 1. The van der Waals surface area contributed by atoms with Gasteiger partial charge in [-0.3, -0.25) is 4.98 Å². The van der Waals surface area contributed by atoms with Gasteiger partial charge in [0.15, 0.2) is 5.96 Å². The van der Waals surface area contributed by atoms with Crippen LogP contribution in [-0.2, 0) is 23.0 Å². The van der Waals surface area contributed by atoms with Crippen LogP contribution in [0.1, 0.15) is 32.0 Å². The van der Waals surface area contributed by atoms with Crippen LogP contribution in [0.25, 0.3) is 0 Å². The molecule has 0 atom stereocenters. The van der Waals surface area contributed by atoms with E-state index in [2.05, 4.69) is 20.6 Å². The van der Waals surface area contributed by atoms with Crippen molar-refractivity contribution < 1.29 is 8.42 Å². The van der Waals surface area contributed by atoms with Gasteiger partial charge in [0.2, 0.25) is 10.0 Å². The van der Waals surface area contributed by atoms with Crippen LogP contribution in [0.5, 0.6) is 0 Å². The van der Waals surface area contributed by atoms with Crippen molar-refractivity contribution in [1.82, 2.24) is 19.9 Å². The Morgan fingerprint density at radius 2 is 1.83 bits per heavy atom. The van der Waals surface area contributed by atoms with Crippen LogP contribution >= 0.6 is 24.0 Å². The van der Waals surface area contributed by atoms with Crippen molar-refractivity contribution >= 4 is 40.0 Å². The van der Waals surface area contributed by atoms with Gasteiger partial charge in [0.05, 0.1) is 11.4 Å². The summed E-state index contributed by atoms with van der Waals surface area (Å²) in [6.45, 7) is 7.66. The Bertz CT molecular complexity index is 887. The molecule has 1 heterocycles. The molecule has 0 saturated heterocycles. The summed E-state index contributed by atoms with van der Waals surface area (Å²) in [7, 11) is -1.87. The van der Waals surface area contributed by atoms with Crippen molar-refractivity contribution in [3.8, 4) is 0 Å². The van der Waals surface area contributed by atoms with Gasteiger partial charge in [0, 0.05) is 44.5 Å². The summed E-state index contributed by atoms with van der Waals surface area (Å²) in [6.07, 6.45) is 2.60. The second-order valence-electron chi connectivity index (χ2n) is 6.95. The zero-order valence-electron chi connectivity index (χ0n) is 18.0. The number of halogens is 1. The fourth-order valence-electron chi connectivity index (χ4n) is 2.58. The second-order valence-corrected chi connectivity index (χ2v) is 8.95. The molecule has 7 nitrogen and oxygen atoms in total. The monoisotopic (exact) mass is 545 g/mol. The molecule has 0 aliphatic heterocycles. The molecule has 1 aromatic heterocycles. The number of nitrogens with zero attached hydrogens (tertiary/aromatic N) is 3. The van der Waals surface area contributed by atoms with Gasteiger partial charge in [-0.2, -0.15) is 4.31 Å². The first-order valence-electron chi connectivity index (χ1n) is 9.83. The fourth-order valence-corrected chi connectivity index (χ4v) is 3.95. The van der Waals surface area contributed by atoms with E-state index in [1.807, 2.05) is 51.1 Å². The van der Waals surface area contributed by atoms with E-state index >= 15 is 0 Å². The third kappa shape index (κ3) is 7.84. The average Bonchev–Trinajstić information content (AvgIpc) is 2.72. The van der Waals surface area contributed by atoms with Crippen LogP contribution in [0.2, 0.25) is 0 Å². The van der Waals surface area contributed by atoms with E-state index in [9.17, 15) is 8.42 Å². The molecule has 1 aromatic carbocycles. The minimum atomic E-state index is -3.47. The maximum absolute atomic E-state index is 12.5. The van der Waals surface area contributed by atoms with Gasteiger partial charge in [-0.25, -0.2) is 13.4 Å². The molecule has 0 aliphatic carbocycles. The Morgan fingerprint density at radius 3 is 2.40 bits per heavy atom. The van der Waals surface area contributed by atoms with E-state index in [4.69, 9.17) is 0 Å². The van der Waals surface area contributed by atoms with E-state index in [0.29, 0.717) is 11.4 Å². The first kappa shape index (κ1) is 26.3. The van der Waals surface area contributed by atoms with Crippen molar-refractivity contribution in [3.63, 3.8) is 0 Å². The summed E-state index contributed by atoms with van der Waals surface area (Å²) >= 11 is 0. The van der Waals surface area contributed by atoms with Crippen LogP contribution in [0, 0.1) is 0 Å². The molecular weight excluding hydrogens is 513 g/mol. The Balaban J connectivity index is 0.00000450. The van der Waals surface area contributed by atoms with Crippen molar-refractivity contribution in [1.29, 1.82) is 0 Å². The molecule has 2 N–H and O–H groups in total. The first-order chi connectivity index (χ1) is 13.8. The highest BCUT2D eigenvalue weighted by Gasteiger charge is 2.22. The van der Waals surface area contributed by atoms with Gasteiger partial charge in [0.1, 0.15) is 0 Å². The Kier molecular flexibility index (Phi) is 11.3. The topological polar surface area (TPSA) is 86.7 Å². The first-order valence-corrected chi connectivity index (χ1v) is 11.3. The van der Waals surface area contributed by atoms with Crippen molar-refractivity contribution in [2.75, 3.05) is 20.1 Å². The Hall–Kier alpha value is -1.72. The van der Waals surface area contributed by atoms with Gasteiger partial charge in [0.25, 0.3) is 0 Å². The summed E-state index contributed by atoms with van der Waals surface area (Å²) in [4.78, 5) is 9.19. The van der Waals surface area contributed by atoms with Crippen LogP contribution in [-0.4, -0.2) is 49.8 Å². The molecule has 9 heteroatoms. The second kappa shape index (κ2) is 12.9. The third-order valence-corrected chi connectivity index (χ3v) is 6.54. The minimum absolute atomic E-state index is 0. The number of nitrogens with one attached hydrogen (secondary N) is 2. The summed E-state index contributed by atoms with van der Waals surface area (Å²) in [5, 5.41) is 6.52. The number of hydrogen-bond donors (Lipinski definition) is 2. The summed E-state index contributed by atoms with van der Waals surface area (Å²) < 4.78 is 26.5. The number of sulfonamides is 1. The normalized spacial score (nSPS) is 12.0. The maximum atomic E-state index is 12.5. The minimum Gasteiger partial charge on any atom is -0.357 e. The van der Waals surface area contributed by atoms with Crippen molar-refractivity contribution in [3.05, 3.63) is 59.9 Å². The van der Waals surface area contributed by atoms with Gasteiger partial charge in [-0.1, -0.05) is 18.2 Å². The van der Waals surface area contributed by atoms with Crippen molar-refractivity contribution in [2.45, 2.75) is 44.7 Å². The molecule has 0 saturated carbocycles. The lowest BCUT2D eigenvalue weighted by atomic mass is 10.2. The fraction of sp³-hybridized carbons (Fsp3) is 0.429. The highest BCUT2D eigenvalue weighted by Crippen LogP contribution is 2.17. The van der Waals surface area contributed by atoms with Gasteiger partial charge < -0.3 is 10.6 Å². The quantitative estimate of drug-likeness (QED) is 0.288. The molecule has 0 amide bonds. The number of hydrogen-bond acceptors (Lipinski definition) is 4. The highest BCUT2D eigenvalue weighted by molar-refractivity contribution is 14.0. The van der Waals surface area contributed by atoms with E-state index in [1.165, 1.54) is 4.31 Å². The molecular formula is C21H32IN5O2S. The largest absolute Gasteiger partial charge is 0.357 e. The average molecular weight is 545 g/mol. The lowest BCUT2D eigenvalue weighted by molar-refractivity contribution is 0.410. The predicted octanol–water partition coefficient (Wildman–Crippen LogP) is 3.03. The van der Waals surface area contributed by atoms with Gasteiger partial charge in [-0.15, -0.1) is 24.0 Å². The lowest BCUT2D eigenvalue weighted by Gasteiger charge is -2.21. The molecule has 0 radical (unpaired) electrons. The molecule has 0 spiro atoms. The van der Waals surface area contributed by atoms with E-state index < -0.39 is 10.0 Å². The number of aliphatic imine (C=N–C) groups is 1. The molecule has 2 rings (SSSR count). The number of guanidine groups is 1. The van der Waals surface area contributed by atoms with Crippen LogP contribution < -0.4 is 10.6 Å². The van der Waals surface area contributed by atoms with Crippen LogP contribution in [0.4, 0.5) is 0 Å². The standard InChI is InChI=1S/C21H31N5O2S.HI/c1-5-22-21(24-15-13-19-8-6-7-14-23-19)25-16-18-9-11-20(12-10-18)29(27,28)26(4)17(2)3;/h6-12,14,17H,5,13,15-16H2,1-4H3,(H2,22,24,25);1H. The lowest BCUT2D eigenvalue weighted by Crippen LogP contribution is -2.38. The van der Waals surface area contributed by atoms with E-state index in [1.54, 1.807) is 25.4 Å². The van der Waals surface area contributed by atoms with Gasteiger partial charge >= 0.3 is 0 Å². The molecule has 166 valence electrons. The highest BCUT2D eigenvalue weighted by atomic mass is 127. The molecule has 30 heavy (non-hydrogen) atoms. The number of aromatic nitrogens is 1. The van der Waals surface area contributed by atoms with Crippen molar-refractivity contribution in [2.24, 2.45) is 4.99 Å². The third-order valence-electron chi connectivity index (χ3n) is 4.49. The SMILES string of the molecule is CCNC(=NCc1ccc(S(=O)(=O)N(C)C(C)C)cc1)NCCc1ccccn1.I. The van der Waals surface area contributed by atoms with E-state index in [0.717, 1.165) is 36.7 Å². The van der Waals surface area contributed by atoms with Crippen LogP contribution in [0.15, 0.2) is 58.5 Å². The van der Waals surface area contributed by atoms with E-state index in [-0.39, 0.29) is 30.0 Å². The van der Waals surface area contributed by atoms with Gasteiger partial charge in [-0.05, 0) is 50.6 Å².